The molecule has 0 bridgehead atoms. The van der Waals surface area contributed by atoms with E-state index in [-0.39, 0.29) is 17.4 Å². The van der Waals surface area contributed by atoms with Crippen molar-refractivity contribution >= 4 is 15.9 Å². The molecule has 6 nitrogen and oxygen atoms in total. The highest BCUT2D eigenvalue weighted by atomic mass is 32.2. The normalized spacial score (nSPS) is 22.4. The Labute approximate surface area is 188 Å². The summed E-state index contributed by atoms with van der Waals surface area (Å²) >= 11 is 0. The van der Waals surface area contributed by atoms with Crippen LogP contribution in [0, 0.1) is 25.7 Å². The number of carbonyl (C=O) groups excluding carboxylic acids is 1. The number of hydrogen-bond donors (Lipinski definition) is 1. The Hall–Kier alpha value is -1.44. The van der Waals surface area contributed by atoms with Crippen molar-refractivity contribution in [2.24, 2.45) is 11.8 Å². The van der Waals surface area contributed by atoms with Gasteiger partial charge >= 0.3 is 0 Å². The molecule has 174 valence electrons. The quantitative estimate of drug-likeness (QED) is 0.723. The van der Waals surface area contributed by atoms with Gasteiger partial charge in [-0.05, 0) is 89.1 Å². The van der Waals surface area contributed by atoms with Crippen molar-refractivity contribution < 1.29 is 13.2 Å². The maximum atomic E-state index is 13.0. The van der Waals surface area contributed by atoms with Crippen LogP contribution in [0.15, 0.2) is 23.1 Å². The van der Waals surface area contributed by atoms with Crippen LogP contribution >= 0.6 is 0 Å². The summed E-state index contributed by atoms with van der Waals surface area (Å²) in [6.45, 7) is 14.2. The Morgan fingerprint density at radius 3 is 2.39 bits per heavy atom. The monoisotopic (exact) mass is 449 g/mol. The average molecular weight is 450 g/mol. The molecule has 2 fully saturated rings. The predicted octanol–water partition coefficient (Wildman–Crippen LogP) is 3.33. The second-order valence-corrected chi connectivity index (χ2v) is 12.1. The first-order valence-electron chi connectivity index (χ1n) is 11.6. The number of nitrogens with one attached hydrogen (secondary N) is 1. The van der Waals surface area contributed by atoms with E-state index in [0.717, 1.165) is 24.2 Å². The smallest absolute Gasteiger partial charge is 0.243 e. The van der Waals surface area contributed by atoms with Gasteiger partial charge in [0.05, 0.1) is 4.90 Å². The zero-order valence-electron chi connectivity index (χ0n) is 19.8. The van der Waals surface area contributed by atoms with Crippen LogP contribution in [-0.4, -0.2) is 61.8 Å². The van der Waals surface area contributed by atoms with E-state index in [1.165, 1.54) is 17.1 Å². The van der Waals surface area contributed by atoms with E-state index < -0.39 is 10.0 Å². The third-order valence-corrected chi connectivity index (χ3v) is 9.04. The molecular weight excluding hydrogens is 410 g/mol. The number of sulfonamides is 1. The van der Waals surface area contributed by atoms with Gasteiger partial charge in [-0.25, -0.2) is 8.42 Å². The van der Waals surface area contributed by atoms with E-state index in [0.29, 0.717) is 43.3 Å². The minimum absolute atomic E-state index is 0.0568. The number of benzene rings is 1. The van der Waals surface area contributed by atoms with Gasteiger partial charge in [-0.2, -0.15) is 4.31 Å². The highest BCUT2D eigenvalue weighted by molar-refractivity contribution is 7.89. The van der Waals surface area contributed by atoms with E-state index in [9.17, 15) is 13.2 Å². The number of hydrogen-bond acceptors (Lipinski definition) is 4. The highest BCUT2D eigenvalue weighted by Gasteiger charge is 2.34. The first kappa shape index (κ1) is 24.2. The molecule has 31 heavy (non-hydrogen) atoms. The van der Waals surface area contributed by atoms with Gasteiger partial charge in [0.15, 0.2) is 0 Å². The van der Waals surface area contributed by atoms with Crippen molar-refractivity contribution in [1.82, 2.24) is 14.5 Å². The third kappa shape index (κ3) is 5.68. The molecular formula is C24H39N3O3S. The molecule has 0 aliphatic carbocycles. The van der Waals surface area contributed by atoms with Crippen LogP contribution in [-0.2, 0) is 14.8 Å². The molecule has 2 saturated heterocycles. The van der Waals surface area contributed by atoms with Crippen LogP contribution in [0.3, 0.4) is 0 Å². The number of piperidine rings is 2. The summed E-state index contributed by atoms with van der Waals surface area (Å²) in [5, 5.41) is 3.16. The zero-order valence-corrected chi connectivity index (χ0v) is 20.6. The van der Waals surface area contributed by atoms with E-state index in [1.54, 1.807) is 12.1 Å². The molecule has 7 heteroatoms. The largest absolute Gasteiger partial charge is 0.354 e. The number of aryl methyl sites for hydroxylation is 2. The summed E-state index contributed by atoms with van der Waals surface area (Å²) < 4.78 is 27.5. The van der Waals surface area contributed by atoms with Gasteiger partial charge in [-0.3, -0.25) is 9.69 Å². The van der Waals surface area contributed by atoms with Gasteiger partial charge in [0, 0.05) is 37.6 Å². The van der Waals surface area contributed by atoms with Crippen molar-refractivity contribution in [2.45, 2.75) is 70.7 Å². The fourth-order valence-corrected chi connectivity index (χ4v) is 6.24. The summed E-state index contributed by atoms with van der Waals surface area (Å²) in [5.74, 6) is 0.635. The first-order chi connectivity index (χ1) is 14.5. The lowest BCUT2D eigenvalue weighted by Gasteiger charge is -2.43. The van der Waals surface area contributed by atoms with Crippen molar-refractivity contribution in [1.29, 1.82) is 0 Å². The van der Waals surface area contributed by atoms with Crippen LogP contribution < -0.4 is 5.32 Å². The molecule has 0 radical (unpaired) electrons. The molecule has 1 aromatic carbocycles. The molecule has 2 aliphatic rings. The van der Waals surface area contributed by atoms with Gasteiger partial charge in [-0.1, -0.05) is 13.0 Å². The zero-order chi connectivity index (χ0) is 22.8. The van der Waals surface area contributed by atoms with Crippen molar-refractivity contribution in [3.63, 3.8) is 0 Å². The maximum Gasteiger partial charge on any atom is 0.243 e. The highest BCUT2D eigenvalue weighted by Crippen LogP contribution is 2.26. The van der Waals surface area contributed by atoms with Crippen LogP contribution in [0.5, 0.6) is 0 Å². The Kier molecular flexibility index (Phi) is 7.49. The van der Waals surface area contributed by atoms with E-state index in [4.69, 9.17) is 0 Å². The molecule has 1 aromatic rings. The van der Waals surface area contributed by atoms with Gasteiger partial charge in [0.2, 0.25) is 15.9 Å². The van der Waals surface area contributed by atoms with Gasteiger partial charge in [0.1, 0.15) is 0 Å². The Balaban J connectivity index is 1.53. The minimum atomic E-state index is -3.51. The molecule has 1 amide bonds. The van der Waals surface area contributed by atoms with Crippen LogP contribution in [0.4, 0.5) is 0 Å². The Morgan fingerprint density at radius 2 is 1.77 bits per heavy atom. The van der Waals surface area contributed by atoms with Gasteiger partial charge in [-0.15, -0.1) is 0 Å². The summed E-state index contributed by atoms with van der Waals surface area (Å²) in [5.41, 5.74) is 1.98. The predicted molar refractivity (Wildman–Crippen MR) is 124 cm³/mol. The second kappa shape index (κ2) is 9.59. The van der Waals surface area contributed by atoms with Crippen LogP contribution in [0.2, 0.25) is 0 Å². The summed E-state index contributed by atoms with van der Waals surface area (Å²) in [6.07, 6.45) is 3.63. The van der Waals surface area contributed by atoms with E-state index in [2.05, 4.69) is 31.0 Å². The summed E-state index contributed by atoms with van der Waals surface area (Å²) in [4.78, 5) is 15.6. The fourth-order valence-electron chi connectivity index (χ4n) is 4.68. The third-order valence-electron chi connectivity index (χ3n) is 7.15. The van der Waals surface area contributed by atoms with Crippen molar-refractivity contribution in [2.75, 3.05) is 32.7 Å². The summed E-state index contributed by atoms with van der Waals surface area (Å²) in [7, 11) is -3.51. The fraction of sp³-hybridized carbons (Fsp3) is 0.708. The van der Waals surface area contributed by atoms with Crippen LogP contribution in [0.1, 0.15) is 57.6 Å². The minimum Gasteiger partial charge on any atom is -0.354 e. The standard InChI is InChI=1S/C24H39N3O3S/c1-18-7-6-12-26(16-18)24(4,5)17-25-23(28)21-10-13-27(14-11-21)31(29,30)22-9-8-19(2)20(3)15-22/h8-9,15,18,21H,6-7,10-14,16-17H2,1-5H3,(H,25,28). The first-order valence-corrected chi connectivity index (χ1v) is 13.0. The van der Waals surface area contributed by atoms with Crippen molar-refractivity contribution in [3.8, 4) is 0 Å². The molecule has 1 N–H and O–H groups in total. The van der Waals surface area contributed by atoms with E-state index >= 15 is 0 Å². The number of rotatable bonds is 6. The lowest BCUT2D eigenvalue weighted by molar-refractivity contribution is -0.126. The number of amides is 1. The van der Waals surface area contributed by atoms with Crippen LogP contribution in [0.25, 0.3) is 0 Å². The lowest BCUT2D eigenvalue weighted by atomic mass is 9.93. The molecule has 2 aliphatic heterocycles. The summed E-state index contributed by atoms with van der Waals surface area (Å²) in [6, 6.07) is 5.28. The van der Waals surface area contributed by atoms with Gasteiger partial charge < -0.3 is 5.32 Å². The topological polar surface area (TPSA) is 69.7 Å². The number of likely N-dealkylation sites (tertiary alicyclic amines) is 1. The molecule has 2 heterocycles. The second-order valence-electron chi connectivity index (χ2n) is 10.1. The lowest BCUT2D eigenvalue weighted by Crippen LogP contribution is -2.55. The van der Waals surface area contributed by atoms with E-state index in [1.807, 2.05) is 19.9 Å². The Morgan fingerprint density at radius 1 is 1.10 bits per heavy atom. The number of carbonyl (C=O) groups is 1. The molecule has 1 unspecified atom stereocenters. The van der Waals surface area contributed by atoms with Crippen molar-refractivity contribution in [3.05, 3.63) is 29.3 Å². The molecule has 3 rings (SSSR count). The molecule has 0 spiro atoms. The molecule has 0 aromatic heterocycles. The Bertz CT molecular complexity index is 889. The molecule has 1 atom stereocenters. The number of nitrogens with zero attached hydrogens (tertiary/aromatic N) is 2. The van der Waals surface area contributed by atoms with Gasteiger partial charge in [0.25, 0.3) is 0 Å². The molecule has 0 saturated carbocycles. The maximum absolute atomic E-state index is 13.0. The average Bonchev–Trinajstić information content (AvgIpc) is 2.74. The SMILES string of the molecule is Cc1ccc(S(=O)(=O)N2CCC(C(=O)NCC(C)(C)N3CCCC(C)C3)CC2)cc1C.